The first-order valence-corrected chi connectivity index (χ1v) is 9.40. The third kappa shape index (κ3) is 3.07. The number of carbonyl (C=O) groups is 1. The summed E-state index contributed by atoms with van der Waals surface area (Å²) in [6.45, 7) is 3.63. The van der Waals surface area contributed by atoms with Crippen molar-refractivity contribution in [2.75, 3.05) is 34.6 Å². The lowest BCUT2D eigenvalue weighted by Crippen LogP contribution is -2.25. The minimum absolute atomic E-state index is 0.0869. The van der Waals surface area contributed by atoms with E-state index < -0.39 is 0 Å². The van der Waals surface area contributed by atoms with Crippen molar-refractivity contribution in [3.63, 3.8) is 0 Å². The molecule has 28 heavy (non-hydrogen) atoms. The van der Waals surface area contributed by atoms with Crippen LogP contribution >= 0.6 is 0 Å². The standard InChI is InChI=1S/C22H25NO5/c1-13-20-15(10-19-21(13)28-12-27-19)7-8-23(2)11-16-14(9-17(20)24)5-6-18(25-3)22(16)26-4/h5-6,10H,7-9,11-12H2,1-4H3. The van der Waals surface area contributed by atoms with Gasteiger partial charge in [0.15, 0.2) is 28.8 Å². The van der Waals surface area contributed by atoms with Crippen LogP contribution in [0.25, 0.3) is 0 Å². The van der Waals surface area contributed by atoms with Crippen molar-refractivity contribution in [1.29, 1.82) is 0 Å². The van der Waals surface area contributed by atoms with Crippen LogP contribution in [-0.2, 0) is 19.4 Å². The van der Waals surface area contributed by atoms with Crippen LogP contribution in [0.15, 0.2) is 18.2 Å². The molecule has 148 valence electrons. The number of ether oxygens (including phenoxy) is 4. The molecule has 6 heteroatoms. The minimum atomic E-state index is 0.0869. The van der Waals surface area contributed by atoms with Crippen molar-refractivity contribution in [2.45, 2.75) is 26.3 Å². The molecule has 0 atom stereocenters. The molecule has 0 amide bonds. The maximum atomic E-state index is 13.4. The van der Waals surface area contributed by atoms with Crippen LogP contribution in [0.1, 0.15) is 32.6 Å². The van der Waals surface area contributed by atoms with Crippen molar-refractivity contribution in [2.24, 2.45) is 0 Å². The van der Waals surface area contributed by atoms with E-state index in [1.54, 1.807) is 14.2 Å². The number of Topliss-reactive ketones (excluding diaryl/α,β-unsaturated/α-hetero) is 1. The zero-order valence-corrected chi connectivity index (χ0v) is 16.8. The number of rotatable bonds is 2. The van der Waals surface area contributed by atoms with Crippen molar-refractivity contribution < 1.29 is 23.7 Å². The summed E-state index contributed by atoms with van der Waals surface area (Å²) in [4.78, 5) is 15.6. The van der Waals surface area contributed by atoms with Gasteiger partial charge in [0.1, 0.15) is 0 Å². The van der Waals surface area contributed by atoms with Gasteiger partial charge >= 0.3 is 0 Å². The van der Waals surface area contributed by atoms with Gasteiger partial charge in [-0.15, -0.1) is 0 Å². The zero-order chi connectivity index (χ0) is 19.8. The van der Waals surface area contributed by atoms with Crippen LogP contribution in [0.3, 0.4) is 0 Å². The zero-order valence-electron chi connectivity index (χ0n) is 16.8. The Labute approximate surface area is 165 Å². The van der Waals surface area contributed by atoms with Gasteiger partial charge in [0.25, 0.3) is 0 Å². The highest BCUT2D eigenvalue weighted by atomic mass is 16.7. The van der Waals surface area contributed by atoms with E-state index >= 15 is 0 Å². The quantitative estimate of drug-likeness (QED) is 0.794. The summed E-state index contributed by atoms with van der Waals surface area (Å²) in [6, 6.07) is 5.80. The molecule has 0 bridgehead atoms. The molecule has 2 aliphatic heterocycles. The number of hydrogen-bond donors (Lipinski definition) is 0. The molecule has 0 aliphatic carbocycles. The van der Waals surface area contributed by atoms with Crippen molar-refractivity contribution >= 4 is 5.78 Å². The molecule has 2 aromatic carbocycles. The summed E-state index contributed by atoms with van der Waals surface area (Å²) in [7, 11) is 5.34. The lowest BCUT2D eigenvalue weighted by atomic mass is 9.89. The van der Waals surface area contributed by atoms with Crippen LogP contribution in [0.2, 0.25) is 0 Å². The minimum Gasteiger partial charge on any atom is -0.493 e. The summed E-state index contributed by atoms with van der Waals surface area (Å²) in [6.07, 6.45) is 1.06. The number of hydrogen-bond acceptors (Lipinski definition) is 6. The van der Waals surface area contributed by atoms with Crippen LogP contribution in [0, 0.1) is 6.92 Å². The monoisotopic (exact) mass is 383 g/mol. The normalized spacial score (nSPS) is 16.4. The van der Waals surface area contributed by atoms with E-state index in [4.69, 9.17) is 18.9 Å². The number of ketones is 1. The second-order valence-electron chi connectivity index (χ2n) is 7.30. The molecule has 0 saturated carbocycles. The number of likely N-dealkylation sites (N-methyl/N-ethyl adjacent to an activating group) is 1. The van der Waals surface area contributed by atoms with E-state index in [2.05, 4.69) is 11.9 Å². The van der Waals surface area contributed by atoms with E-state index in [-0.39, 0.29) is 12.6 Å². The van der Waals surface area contributed by atoms with E-state index in [1.807, 2.05) is 25.1 Å². The Balaban J connectivity index is 1.84. The van der Waals surface area contributed by atoms with Gasteiger partial charge in [-0.2, -0.15) is 0 Å². The number of fused-ring (bicyclic) bond motifs is 3. The van der Waals surface area contributed by atoms with Crippen LogP contribution in [0.4, 0.5) is 0 Å². The number of nitrogens with zero attached hydrogens (tertiary/aromatic N) is 1. The maximum Gasteiger partial charge on any atom is 0.231 e. The van der Waals surface area contributed by atoms with Crippen molar-refractivity contribution in [3.05, 3.63) is 46.0 Å². The summed E-state index contributed by atoms with van der Waals surface area (Å²) >= 11 is 0. The van der Waals surface area contributed by atoms with E-state index in [9.17, 15) is 4.79 Å². The van der Waals surface area contributed by atoms with Gasteiger partial charge in [-0.3, -0.25) is 4.79 Å². The second kappa shape index (κ2) is 7.36. The van der Waals surface area contributed by atoms with Crippen molar-refractivity contribution in [3.8, 4) is 23.0 Å². The Morgan fingerprint density at radius 1 is 1.11 bits per heavy atom. The number of carbonyl (C=O) groups excluding carboxylic acids is 1. The molecular formula is C22H25NO5. The van der Waals surface area contributed by atoms with E-state index in [0.717, 1.165) is 46.5 Å². The molecule has 0 unspecified atom stereocenters. The Hall–Kier alpha value is -2.73. The molecule has 6 nitrogen and oxygen atoms in total. The van der Waals surface area contributed by atoms with Crippen LogP contribution in [0.5, 0.6) is 23.0 Å². The Kier molecular flexibility index (Phi) is 4.89. The second-order valence-corrected chi connectivity index (χ2v) is 7.30. The Bertz CT molecular complexity index is 937. The van der Waals surface area contributed by atoms with E-state index in [1.165, 1.54) is 0 Å². The topological polar surface area (TPSA) is 57.2 Å². The summed E-state index contributed by atoms with van der Waals surface area (Å²) in [5, 5.41) is 0. The highest BCUT2D eigenvalue weighted by molar-refractivity contribution is 6.01. The summed E-state index contributed by atoms with van der Waals surface area (Å²) in [5.74, 6) is 2.88. The first kappa shape index (κ1) is 18.6. The third-order valence-electron chi connectivity index (χ3n) is 5.55. The fourth-order valence-electron chi connectivity index (χ4n) is 4.15. The Morgan fingerprint density at radius 2 is 1.93 bits per heavy atom. The molecule has 2 aliphatic rings. The number of methoxy groups -OCH3 is 2. The van der Waals surface area contributed by atoms with Gasteiger partial charge < -0.3 is 23.8 Å². The lowest BCUT2D eigenvalue weighted by Gasteiger charge is -2.25. The summed E-state index contributed by atoms with van der Waals surface area (Å²) in [5.41, 5.74) is 4.59. The van der Waals surface area contributed by atoms with Gasteiger partial charge in [-0.05, 0) is 43.7 Å². The molecule has 0 radical (unpaired) electrons. The predicted molar refractivity (Wildman–Crippen MR) is 105 cm³/mol. The predicted octanol–water partition coefficient (Wildman–Crippen LogP) is 3.15. The maximum absolute atomic E-state index is 13.4. The molecule has 0 spiro atoms. The SMILES string of the molecule is COc1ccc2c(c1OC)CN(C)CCc1cc3c(c(C)c1C(=O)C2)OCO3. The van der Waals surface area contributed by atoms with E-state index in [0.29, 0.717) is 30.2 Å². The van der Waals surface area contributed by atoms with Gasteiger partial charge in [0.05, 0.1) is 14.2 Å². The first-order chi connectivity index (χ1) is 13.5. The van der Waals surface area contributed by atoms with Crippen LogP contribution in [-0.4, -0.2) is 45.3 Å². The van der Waals surface area contributed by atoms with Gasteiger partial charge in [-0.25, -0.2) is 0 Å². The first-order valence-electron chi connectivity index (χ1n) is 9.40. The molecule has 4 rings (SSSR count). The lowest BCUT2D eigenvalue weighted by molar-refractivity contribution is 0.0989. The highest BCUT2D eigenvalue weighted by Crippen LogP contribution is 2.41. The number of benzene rings is 2. The Morgan fingerprint density at radius 3 is 2.68 bits per heavy atom. The van der Waals surface area contributed by atoms with Gasteiger partial charge in [-0.1, -0.05) is 6.07 Å². The smallest absolute Gasteiger partial charge is 0.231 e. The fourth-order valence-corrected chi connectivity index (χ4v) is 4.15. The van der Waals surface area contributed by atoms with Crippen molar-refractivity contribution in [1.82, 2.24) is 4.90 Å². The average Bonchev–Trinajstić information content (AvgIpc) is 3.15. The highest BCUT2D eigenvalue weighted by Gasteiger charge is 2.27. The summed E-state index contributed by atoms with van der Waals surface area (Å²) < 4.78 is 22.3. The molecule has 0 saturated heterocycles. The van der Waals surface area contributed by atoms with Crippen LogP contribution < -0.4 is 18.9 Å². The largest absolute Gasteiger partial charge is 0.493 e. The molecule has 0 aromatic heterocycles. The van der Waals surface area contributed by atoms with Gasteiger partial charge in [0, 0.05) is 36.2 Å². The molecular weight excluding hydrogens is 358 g/mol. The molecule has 0 fully saturated rings. The van der Waals surface area contributed by atoms with Gasteiger partial charge in [0.2, 0.25) is 6.79 Å². The average molecular weight is 383 g/mol. The molecule has 0 N–H and O–H groups in total. The molecule has 2 heterocycles. The molecule has 2 aromatic rings. The third-order valence-corrected chi connectivity index (χ3v) is 5.55. The fraction of sp³-hybridized carbons (Fsp3) is 0.409.